The lowest BCUT2D eigenvalue weighted by Crippen LogP contribution is -2.29. The quantitative estimate of drug-likeness (QED) is 0.699. The van der Waals surface area contributed by atoms with Gasteiger partial charge in [-0.15, -0.1) is 22.7 Å². The Labute approximate surface area is 139 Å². The first-order valence-corrected chi connectivity index (χ1v) is 10.0. The highest BCUT2D eigenvalue weighted by atomic mass is 79.9. The third-order valence-electron chi connectivity index (χ3n) is 2.54. The van der Waals surface area contributed by atoms with Crippen molar-refractivity contribution in [3.63, 3.8) is 0 Å². The van der Waals surface area contributed by atoms with E-state index in [4.69, 9.17) is 9.84 Å². The van der Waals surface area contributed by atoms with Crippen molar-refractivity contribution in [3.05, 3.63) is 38.3 Å². The number of aliphatic hydroxyl groups excluding tert-OH is 1. The lowest BCUT2D eigenvalue weighted by Gasteiger charge is -2.16. The molecular formula is C12H14BrNO4S3. The van der Waals surface area contributed by atoms with Gasteiger partial charge >= 0.3 is 0 Å². The number of sulfonamides is 1. The highest BCUT2D eigenvalue weighted by molar-refractivity contribution is 9.11. The van der Waals surface area contributed by atoms with E-state index in [1.54, 1.807) is 12.1 Å². The van der Waals surface area contributed by atoms with E-state index in [9.17, 15) is 8.42 Å². The number of rotatable bonds is 8. The van der Waals surface area contributed by atoms with Crippen LogP contribution in [0, 0.1) is 0 Å². The molecule has 116 valence electrons. The van der Waals surface area contributed by atoms with Gasteiger partial charge in [0.1, 0.15) is 10.3 Å². The zero-order valence-corrected chi connectivity index (χ0v) is 14.9. The molecule has 0 aliphatic rings. The van der Waals surface area contributed by atoms with Gasteiger partial charge in [0.25, 0.3) is 0 Å². The van der Waals surface area contributed by atoms with E-state index in [-0.39, 0.29) is 24.0 Å². The third kappa shape index (κ3) is 4.85. The Hall–Kier alpha value is -0.290. The van der Waals surface area contributed by atoms with Gasteiger partial charge in [-0.25, -0.2) is 13.1 Å². The summed E-state index contributed by atoms with van der Waals surface area (Å²) in [6, 6.07) is 6.99. The van der Waals surface area contributed by atoms with E-state index in [0.717, 1.165) is 20.0 Å². The standard InChI is InChI=1S/C12H14BrNO4S3/c13-11-3-4-12(20-11)21(16,17)14-8-9(18-6-5-15)10-2-1-7-19-10/h1-4,7,9,14-15H,5-6,8H2. The third-order valence-corrected chi connectivity index (χ3v) is 7.05. The number of nitrogens with one attached hydrogen (secondary N) is 1. The molecule has 0 aliphatic carbocycles. The highest BCUT2D eigenvalue weighted by Crippen LogP contribution is 2.27. The van der Waals surface area contributed by atoms with Crippen LogP contribution in [-0.2, 0) is 14.8 Å². The molecule has 2 rings (SSSR count). The molecule has 0 amide bonds. The van der Waals surface area contributed by atoms with Crippen LogP contribution in [0.1, 0.15) is 11.0 Å². The van der Waals surface area contributed by atoms with Crippen molar-refractivity contribution in [3.8, 4) is 0 Å². The maximum atomic E-state index is 12.2. The lowest BCUT2D eigenvalue weighted by molar-refractivity contribution is 0.0328. The maximum absolute atomic E-state index is 12.2. The molecule has 2 N–H and O–H groups in total. The monoisotopic (exact) mass is 411 g/mol. The molecule has 2 aromatic rings. The summed E-state index contributed by atoms with van der Waals surface area (Å²) in [5.41, 5.74) is 0. The topological polar surface area (TPSA) is 75.6 Å². The second-order valence-corrected chi connectivity index (χ2v) is 9.44. The fourth-order valence-corrected chi connectivity index (χ4v) is 5.47. The molecule has 5 nitrogen and oxygen atoms in total. The normalized spacial score (nSPS) is 13.4. The number of hydrogen-bond acceptors (Lipinski definition) is 6. The van der Waals surface area contributed by atoms with E-state index in [1.807, 2.05) is 17.5 Å². The molecule has 0 aliphatic heterocycles. The Morgan fingerprint density at radius 3 is 2.76 bits per heavy atom. The molecule has 0 fully saturated rings. The van der Waals surface area contributed by atoms with Crippen molar-refractivity contribution < 1.29 is 18.3 Å². The largest absolute Gasteiger partial charge is 0.394 e. The van der Waals surface area contributed by atoms with Crippen LogP contribution >= 0.6 is 38.6 Å². The maximum Gasteiger partial charge on any atom is 0.250 e. The van der Waals surface area contributed by atoms with Gasteiger partial charge in [0.2, 0.25) is 10.0 Å². The van der Waals surface area contributed by atoms with Gasteiger partial charge in [0.05, 0.1) is 17.0 Å². The minimum absolute atomic E-state index is 0.105. The van der Waals surface area contributed by atoms with Gasteiger partial charge in [-0.3, -0.25) is 0 Å². The first kappa shape index (κ1) is 17.1. The smallest absolute Gasteiger partial charge is 0.250 e. The number of aliphatic hydroxyl groups is 1. The Morgan fingerprint density at radius 2 is 2.19 bits per heavy atom. The van der Waals surface area contributed by atoms with E-state index in [0.29, 0.717) is 0 Å². The molecule has 0 aromatic carbocycles. The van der Waals surface area contributed by atoms with Crippen molar-refractivity contribution in [2.24, 2.45) is 0 Å². The molecule has 0 radical (unpaired) electrons. The summed E-state index contributed by atoms with van der Waals surface area (Å²) in [5.74, 6) is 0. The SMILES string of the molecule is O=S(=O)(NCC(OCCO)c1cccs1)c1ccc(Br)s1. The van der Waals surface area contributed by atoms with Crippen molar-refractivity contribution in [1.82, 2.24) is 4.72 Å². The van der Waals surface area contributed by atoms with Gasteiger partial charge in [-0.1, -0.05) is 6.07 Å². The second-order valence-electron chi connectivity index (χ2n) is 4.01. The Balaban J connectivity index is 2.04. The van der Waals surface area contributed by atoms with Crippen LogP contribution in [0.4, 0.5) is 0 Å². The van der Waals surface area contributed by atoms with E-state index in [2.05, 4.69) is 20.7 Å². The van der Waals surface area contributed by atoms with Gasteiger partial charge < -0.3 is 9.84 Å². The molecule has 9 heteroatoms. The molecule has 0 bridgehead atoms. The lowest BCUT2D eigenvalue weighted by atomic mass is 10.3. The fourth-order valence-electron chi connectivity index (χ4n) is 1.61. The molecule has 1 unspecified atom stereocenters. The Morgan fingerprint density at radius 1 is 1.38 bits per heavy atom. The Kier molecular flexibility index (Phi) is 6.35. The molecule has 0 spiro atoms. The van der Waals surface area contributed by atoms with Crippen molar-refractivity contribution in [2.75, 3.05) is 19.8 Å². The average molecular weight is 412 g/mol. The minimum atomic E-state index is -3.55. The summed E-state index contributed by atoms with van der Waals surface area (Å²) in [4.78, 5) is 0.915. The molecular weight excluding hydrogens is 398 g/mol. The summed E-state index contributed by atoms with van der Waals surface area (Å²) in [6.07, 6.45) is -0.407. The molecule has 0 saturated heterocycles. The average Bonchev–Trinajstić information content (AvgIpc) is 3.10. The summed E-state index contributed by atoms with van der Waals surface area (Å²) in [6.45, 7) is 0.180. The van der Waals surface area contributed by atoms with E-state index < -0.39 is 16.1 Å². The summed E-state index contributed by atoms with van der Waals surface area (Å²) >= 11 is 5.88. The Bertz CT molecular complexity index is 654. The molecule has 2 heterocycles. The zero-order valence-electron chi connectivity index (χ0n) is 10.9. The van der Waals surface area contributed by atoms with Crippen molar-refractivity contribution in [1.29, 1.82) is 0 Å². The van der Waals surface area contributed by atoms with Gasteiger partial charge in [0, 0.05) is 11.4 Å². The second kappa shape index (κ2) is 7.82. The highest BCUT2D eigenvalue weighted by Gasteiger charge is 2.20. The fraction of sp³-hybridized carbons (Fsp3) is 0.333. The molecule has 0 saturated carbocycles. The molecule has 21 heavy (non-hydrogen) atoms. The van der Waals surface area contributed by atoms with Gasteiger partial charge in [0.15, 0.2) is 0 Å². The first-order valence-electron chi connectivity index (χ1n) is 6.04. The van der Waals surface area contributed by atoms with Crippen molar-refractivity contribution >= 4 is 48.6 Å². The van der Waals surface area contributed by atoms with Crippen molar-refractivity contribution in [2.45, 2.75) is 10.3 Å². The number of thiophene rings is 2. The molecule has 1 atom stereocenters. The summed E-state index contributed by atoms with van der Waals surface area (Å²) in [7, 11) is -3.55. The van der Waals surface area contributed by atoms with Crippen LogP contribution in [0.2, 0.25) is 0 Å². The number of halogens is 1. The van der Waals surface area contributed by atoms with Gasteiger partial charge in [-0.05, 0) is 39.5 Å². The number of ether oxygens (including phenoxy) is 1. The zero-order chi connectivity index (χ0) is 15.3. The van der Waals surface area contributed by atoms with Crippen LogP contribution in [-0.4, -0.2) is 33.3 Å². The van der Waals surface area contributed by atoms with Crippen LogP contribution < -0.4 is 4.72 Å². The van der Waals surface area contributed by atoms with Crippen LogP contribution in [0.15, 0.2) is 37.6 Å². The predicted octanol–water partition coefficient (Wildman–Crippen LogP) is 2.60. The predicted molar refractivity (Wildman–Crippen MR) is 87.3 cm³/mol. The van der Waals surface area contributed by atoms with E-state index in [1.165, 1.54) is 11.3 Å². The minimum Gasteiger partial charge on any atom is -0.394 e. The van der Waals surface area contributed by atoms with Crippen LogP contribution in [0.5, 0.6) is 0 Å². The van der Waals surface area contributed by atoms with E-state index >= 15 is 0 Å². The first-order chi connectivity index (χ1) is 10.0. The van der Waals surface area contributed by atoms with Gasteiger partial charge in [-0.2, -0.15) is 0 Å². The molecule has 2 aromatic heterocycles. The summed E-state index contributed by atoms with van der Waals surface area (Å²) in [5, 5.41) is 10.8. The summed E-state index contributed by atoms with van der Waals surface area (Å²) < 4.78 is 33.4. The van der Waals surface area contributed by atoms with Crippen LogP contribution in [0.3, 0.4) is 0 Å². The van der Waals surface area contributed by atoms with Crippen LogP contribution in [0.25, 0.3) is 0 Å². The number of hydrogen-bond donors (Lipinski definition) is 2.